The van der Waals surface area contributed by atoms with E-state index >= 15 is 0 Å². The van der Waals surface area contributed by atoms with Gasteiger partial charge < -0.3 is 5.32 Å². The van der Waals surface area contributed by atoms with Crippen LogP contribution in [0.15, 0.2) is 18.3 Å². The zero-order chi connectivity index (χ0) is 11.5. The second kappa shape index (κ2) is 4.86. The Labute approximate surface area is 98.5 Å². The van der Waals surface area contributed by atoms with E-state index in [1.165, 1.54) is 24.8 Å². The second-order valence-electron chi connectivity index (χ2n) is 5.24. The first-order valence-corrected chi connectivity index (χ1v) is 6.36. The van der Waals surface area contributed by atoms with E-state index in [2.05, 4.69) is 37.1 Å². The van der Waals surface area contributed by atoms with Gasteiger partial charge in [-0.15, -0.1) is 0 Å². The van der Waals surface area contributed by atoms with Crippen LogP contribution in [0.1, 0.15) is 38.7 Å². The predicted molar refractivity (Wildman–Crippen MR) is 68.6 cm³/mol. The Kier molecular flexibility index (Phi) is 3.47. The third-order valence-electron chi connectivity index (χ3n) is 3.96. The fraction of sp³-hybridized carbons (Fsp3) is 0.643. The smallest absolute Gasteiger partial charge is 0.126 e. The van der Waals surface area contributed by atoms with Crippen molar-refractivity contribution in [1.29, 1.82) is 0 Å². The summed E-state index contributed by atoms with van der Waals surface area (Å²) in [5.41, 5.74) is 1.27. The predicted octanol–water partition coefficient (Wildman–Crippen LogP) is 3.63. The van der Waals surface area contributed by atoms with E-state index in [0.717, 1.165) is 17.7 Å². The van der Waals surface area contributed by atoms with Crippen LogP contribution >= 0.6 is 0 Å². The summed E-state index contributed by atoms with van der Waals surface area (Å²) in [7, 11) is 0. The molecule has 0 unspecified atom stereocenters. The molecule has 1 aromatic rings. The number of rotatable bonds is 2. The quantitative estimate of drug-likeness (QED) is 0.820. The lowest BCUT2D eigenvalue weighted by Gasteiger charge is -2.34. The van der Waals surface area contributed by atoms with E-state index in [-0.39, 0.29) is 0 Å². The van der Waals surface area contributed by atoms with Gasteiger partial charge in [0.05, 0.1) is 0 Å². The second-order valence-corrected chi connectivity index (χ2v) is 5.24. The number of hydrogen-bond acceptors (Lipinski definition) is 2. The molecule has 1 N–H and O–H groups in total. The third-order valence-corrected chi connectivity index (χ3v) is 3.96. The number of hydrogen-bond donors (Lipinski definition) is 1. The highest BCUT2D eigenvalue weighted by Crippen LogP contribution is 2.31. The number of nitrogens with zero attached hydrogens (tertiary/aromatic N) is 1. The van der Waals surface area contributed by atoms with Crippen LogP contribution in [0.5, 0.6) is 0 Å². The zero-order valence-electron chi connectivity index (χ0n) is 10.5. The molecule has 1 heterocycles. The van der Waals surface area contributed by atoms with Gasteiger partial charge >= 0.3 is 0 Å². The molecule has 0 radical (unpaired) electrons. The lowest BCUT2D eigenvalue weighted by atomic mass is 9.78. The Bertz CT molecular complexity index is 348. The van der Waals surface area contributed by atoms with Crippen molar-refractivity contribution in [2.75, 3.05) is 5.32 Å². The maximum absolute atomic E-state index is 4.38. The maximum atomic E-state index is 4.38. The Morgan fingerprint density at radius 1 is 1.31 bits per heavy atom. The zero-order valence-corrected chi connectivity index (χ0v) is 10.5. The Morgan fingerprint density at radius 2 is 2.12 bits per heavy atom. The molecule has 1 aliphatic rings. The minimum absolute atomic E-state index is 0.595. The number of nitrogens with one attached hydrogen (secondary N) is 1. The minimum Gasteiger partial charge on any atom is -0.367 e. The largest absolute Gasteiger partial charge is 0.367 e. The van der Waals surface area contributed by atoms with Gasteiger partial charge in [0, 0.05) is 12.2 Å². The van der Waals surface area contributed by atoms with E-state index in [0.29, 0.717) is 6.04 Å². The van der Waals surface area contributed by atoms with Crippen LogP contribution in [0, 0.1) is 18.8 Å². The molecule has 1 aromatic heterocycles. The molecule has 2 rings (SSSR count). The standard InChI is InChI=1S/C14H22N2/c1-10-7-8-15-14(9-10)16-13-6-4-5-11(2)12(13)3/h7-9,11-13H,4-6H2,1-3H3,(H,15,16)/t11-,12+,13-/m1/s1. The first-order chi connectivity index (χ1) is 7.66. The number of aryl methyl sites for hydroxylation is 1. The van der Waals surface area contributed by atoms with Crippen LogP contribution < -0.4 is 5.32 Å². The SMILES string of the molecule is Cc1ccnc(N[C@@H]2CCC[C@@H](C)[C@@H]2C)c1. The summed E-state index contributed by atoms with van der Waals surface area (Å²) in [5.74, 6) is 2.61. The van der Waals surface area contributed by atoms with Crippen LogP contribution in [0.4, 0.5) is 5.82 Å². The Morgan fingerprint density at radius 3 is 2.88 bits per heavy atom. The average Bonchev–Trinajstić information content (AvgIpc) is 2.25. The molecule has 0 aromatic carbocycles. The Hall–Kier alpha value is -1.05. The average molecular weight is 218 g/mol. The van der Waals surface area contributed by atoms with Crippen molar-refractivity contribution >= 4 is 5.82 Å². The van der Waals surface area contributed by atoms with Gasteiger partial charge in [-0.1, -0.05) is 26.7 Å². The fourth-order valence-electron chi connectivity index (χ4n) is 2.59. The van der Waals surface area contributed by atoms with E-state index in [1.54, 1.807) is 0 Å². The third kappa shape index (κ3) is 2.55. The highest BCUT2D eigenvalue weighted by molar-refractivity contribution is 5.38. The lowest BCUT2D eigenvalue weighted by Crippen LogP contribution is -2.35. The number of anilines is 1. The van der Waals surface area contributed by atoms with Crippen molar-refractivity contribution < 1.29 is 0 Å². The van der Waals surface area contributed by atoms with Crippen LogP contribution in [0.2, 0.25) is 0 Å². The van der Waals surface area contributed by atoms with Gasteiger partial charge in [0.25, 0.3) is 0 Å². The van der Waals surface area contributed by atoms with Crippen molar-refractivity contribution in [1.82, 2.24) is 4.98 Å². The summed E-state index contributed by atoms with van der Waals surface area (Å²) in [6.45, 7) is 6.83. The van der Waals surface area contributed by atoms with Gasteiger partial charge in [0.1, 0.15) is 5.82 Å². The minimum atomic E-state index is 0.595. The summed E-state index contributed by atoms with van der Waals surface area (Å²) in [6.07, 6.45) is 5.88. The topological polar surface area (TPSA) is 24.9 Å². The summed E-state index contributed by atoms with van der Waals surface area (Å²) >= 11 is 0. The molecule has 1 fully saturated rings. The molecule has 0 amide bonds. The molecule has 0 aliphatic heterocycles. The first kappa shape index (κ1) is 11.4. The molecule has 16 heavy (non-hydrogen) atoms. The van der Waals surface area contributed by atoms with Gasteiger partial charge in [0.2, 0.25) is 0 Å². The van der Waals surface area contributed by atoms with Crippen LogP contribution in [0.3, 0.4) is 0 Å². The number of aromatic nitrogens is 1. The van der Waals surface area contributed by atoms with Crippen molar-refractivity contribution in [3.05, 3.63) is 23.9 Å². The molecule has 0 spiro atoms. The monoisotopic (exact) mass is 218 g/mol. The van der Waals surface area contributed by atoms with Gasteiger partial charge in [-0.3, -0.25) is 0 Å². The molecule has 0 bridgehead atoms. The Balaban J connectivity index is 2.03. The summed E-state index contributed by atoms with van der Waals surface area (Å²) < 4.78 is 0. The van der Waals surface area contributed by atoms with Gasteiger partial charge in [0.15, 0.2) is 0 Å². The van der Waals surface area contributed by atoms with Gasteiger partial charge in [-0.05, 0) is 42.9 Å². The normalized spacial score (nSPS) is 30.1. The van der Waals surface area contributed by atoms with E-state index in [1.807, 2.05) is 12.3 Å². The van der Waals surface area contributed by atoms with Crippen molar-refractivity contribution in [2.24, 2.45) is 11.8 Å². The van der Waals surface area contributed by atoms with Gasteiger partial charge in [-0.25, -0.2) is 4.98 Å². The first-order valence-electron chi connectivity index (χ1n) is 6.36. The van der Waals surface area contributed by atoms with E-state index < -0.39 is 0 Å². The molecule has 0 saturated heterocycles. The van der Waals surface area contributed by atoms with Crippen LogP contribution in [0.25, 0.3) is 0 Å². The molecule has 2 heteroatoms. The molecule has 3 atom stereocenters. The number of pyridine rings is 1. The van der Waals surface area contributed by atoms with E-state index in [4.69, 9.17) is 0 Å². The molecule has 2 nitrogen and oxygen atoms in total. The summed E-state index contributed by atoms with van der Waals surface area (Å²) in [6, 6.07) is 4.77. The van der Waals surface area contributed by atoms with Crippen molar-refractivity contribution in [2.45, 2.75) is 46.1 Å². The molecular weight excluding hydrogens is 196 g/mol. The highest BCUT2D eigenvalue weighted by Gasteiger charge is 2.26. The summed E-state index contributed by atoms with van der Waals surface area (Å²) in [5, 5.41) is 3.59. The molecule has 1 aliphatic carbocycles. The highest BCUT2D eigenvalue weighted by atomic mass is 15.0. The molecule has 1 saturated carbocycles. The maximum Gasteiger partial charge on any atom is 0.126 e. The van der Waals surface area contributed by atoms with Crippen LogP contribution in [-0.4, -0.2) is 11.0 Å². The van der Waals surface area contributed by atoms with Crippen molar-refractivity contribution in [3.63, 3.8) is 0 Å². The molecule has 88 valence electrons. The summed E-state index contributed by atoms with van der Waals surface area (Å²) in [4.78, 5) is 4.38. The van der Waals surface area contributed by atoms with Crippen LogP contribution in [-0.2, 0) is 0 Å². The molecular formula is C14H22N2. The van der Waals surface area contributed by atoms with Crippen molar-refractivity contribution in [3.8, 4) is 0 Å². The fourth-order valence-corrected chi connectivity index (χ4v) is 2.59. The van der Waals surface area contributed by atoms with E-state index in [9.17, 15) is 0 Å². The van der Waals surface area contributed by atoms with Gasteiger partial charge in [-0.2, -0.15) is 0 Å². The lowest BCUT2D eigenvalue weighted by molar-refractivity contribution is 0.253.